The minimum atomic E-state index is -0.215. The summed E-state index contributed by atoms with van der Waals surface area (Å²) in [5.74, 6) is 0. The number of aromatic amines is 1. The van der Waals surface area contributed by atoms with Crippen LogP contribution in [0, 0.1) is 0 Å². The van der Waals surface area contributed by atoms with Gasteiger partial charge in [-0.3, -0.25) is 9.89 Å². The Labute approximate surface area is 113 Å². The largest absolute Gasteiger partial charge is 0.301 e. The fourth-order valence-corrected chi connectivity index (χ4v) is 2.32. The summed E-state index contributed by atoms with van der Waals surface area (Å²) in [7, 11) is 0. The van der Waals surface area contributed by atoms with Crippen LogP contribution in [0.1, 0.15) is 0 Å². The summed E-state index contributed by atoms with van der Waals surface area (Å²) >= 11 is 0. The van der Waals surface area contributed by atoms with Gasteiger partial charge in [-0.15, -0.1) is 0 Å². The van der Waals surface area contributed by atoms with E-state index < -0.39 is 0 Å². The van der Waals surface area contributed by atoms with Crippen molar-refractivity contribution in [3.8, 4) is 17.1 Å². The van der Waals surface area contributed by atoms with Crippen molar-refractivity contribution in [1.82, 2.24) is 20.0 Å². The van der Waals surface area contributed by atoms with Crippen molar-refractivity contribution in [2.24, 2.45) is 0 Å². The summed E-state index contributed by atoms with van der Waals surface area (Å²) in [6, 6.07) is 17.0. The molecule has 0 fully saturated rings. The molecular formula is C15H10N4O. The van der Waals surface area contributed by atoms with Gasteiger partial charge in [-0.2, -0.15) is 14.9 Å². The molecule has 0 spiro atoms. The molecule has 0 saturated carbocycles. The highest BCUT2D eigenvalue weighted by atomic mass is 16.1. The zero-order chi connectivity index (χ0) is 13.5. The quantitative estimate of drug-likeness (QED) is 0.572. The molecule has 0 unspecified atom stereocenters. The molecule has 5 heteroatoms. The number of rotatable bonds is 1. The fraction of sp³-hybridized carbons (Fsp3) is 0. The molecule has 20 heavy (non-hydrogen) atoms. The average molecular weight is 262 g/mol. The molecule has 0 aliphatic carbocycles. The summed E-state index contributed by atoms with van der Waals surface area (Å²) < 4.78 is 1.39. The SMILES string of the molecule is O=c1c2n[nH]c3ccccc3c-2nn1-c1ccccc1. The normalized spacial score (nSPS) is 11.2. The first-order valence-corrected chi connectivity index (χ1v) is 6.26. The highest BCUT2D eigenvalue weighted by Gasteiger charge is 2.20. The summed E-state index contributed by atoms with van der Waals surface area (Å²) in [5, 5.41) is 12.4. The van der Waals surface area contributed by atoms with Crippen molar-refractivity contribution in [3.63, 3.8) is 0 Å². The summed E-state index contributed by atoms with van der Waals surface area (Å²) in [6.07, 6.45) is 0. The number of aromatic nitrogens is 4. The molecule has 2 aliphatic heterocycles. The maximum absolute atomic E-state index is 12.4. The number of nitrogens with one attached hydrogen (secondary N) is 1. The van der Waals surface area contributed by atoms with E-state index in [0.717, 1.165) is 16.6 Å². The molecule has 96 valence electrons. The van der Waals surface area contributed by atoms with E-state index in [0.29, 0.717) is 11.4 Å². The Morgan fingerprint density at radius 2 is 1.65 bits per heavy atom. The van der Waals surface area contributed by atoms with E-state index in [9.17, 15) is 4.79 Å². The standard InChI is InChI=1S/C15H10N4O/c20-15-14-13(11-8-4-5-9-12(11)16-17-14)18-19(15)10-6-2-1-3-7-10/h1-9,16H. The molecule has 0 atom stereocenters. The predicted molar refractivity (Wildman–Crippen MR) is 76.1 cm³/mol. The Bertz CT molecular complexity index is 924. The number of para-hydroxylation sites is 2. The predicted octanol–water partition coefficient (Wildman–Crippen LogP) is 2.21. The number of benzene rings is 2. The van der Waals surface area contributed by atoms with Crippen LogP contribution < -0.4 is 5.56 Å². The van der Waals surface area contributed by atoms with Gasteiger partial charge in [0.1, 0.15) is 5.69 Å². The van der Waals surface area contributed by atoms with Gasteiger partial charge in [-0.1, -0.05) is 36.4 Å². The lowest BCUT2D eigenvalue weighted by molar-refractivity contribution is 0.858. The Kier molecular flexibility index (Phi) is 2.20. The second-order valence-electron chi connectivity index (χ2n) is 4.52. The van der Waals surface area contributed by atoms with Gasteiger partial charge in [-0.05, 0) is 18.2 Å². The molecule has 5 nitrogen and oxygen atoms in total. The first-order valence-electron chi connectivity index (χ1n) is 6.26. The molecule has 2 aromatic rings. The molecule has 2 aliphatic rings. The van der Waals surface area contributed by atoms with Crippen molar-refractivity contribution in [1.29, 1.82) is 0 Å². The van der Waals surface area contributed by atoms with E-state index >= 15 is 0 Å². The molecule has 1 N–H and O–H groups in total. The number of hydrogen-bond donors (Lipinski definition) is 1. The van der Waals surface area contributed by atoms with Gasteiger partial charge in [0.25, 0.3) is 0 Å². The maximum Gasteiger partial charge on any atom is 0.301 e. The number of nitrogens with zero attached hydrogens (tertiary/aromatic N) is 3. The first-order chi connectivity index (χ1) is 9.84. The maximum atomic E-state index is 12.4. The highest BCUT2D eigenvalue weighted by Crippen LogP contribution is 2.23. The topological polar surface area (TPSA) is 63.6 Å². The zero-order valence-corrected chi connectivity index (χ0v) is 10.4. The lowest BCUT2D eigenvalue weighted by Crippen LogP contribution is -2.15. The van der Waals surface area contributed by atoms with E-state index in [4.69, 9.17) is 0 Å². The molecular weight excluding hydrogens is 252 g/mol. The third-order valence-corrected chi connectivity index (χ3v) is 3.29. The molecule has 4 rings (SSSR count). The Balaban J connectivity index is 2.10. The van der Waals surface area contributed by atoms with E-state index in [1.54, 1.807) is 0 Å². The van der Waals surface area contributed by atoms with Gasteiger partial charge < -0.3 is 0 Å². The molecule has 2 heterocycles. The van der Waals surface area contributed by atoms with Crippen LogP contribution in [-0.2, 0) is 0 Å². The van der Waals surface area contributed by atoms with Crippen LogP contribution >= 0.6 is 0 Å². The lowest BCUT2D eigenvalue weighted by atomic mass is 10.1. The lowest BCUT2D eigenvalue weighted by Gasteiger charge is -2.00. The van der Waals surface area contributed by atoms with Crippen LogP contribution in [-0.4, -0.2) is 20.0 Å². The Hall–Kier alpha value is -2.95. The van der Waals surface area contributed by atoms with Crippen molar-refractivity contribution >= 4 is 10.9 Å². The van der Waals surface area contributed by atoms with Crippen LogP contribution in [0.4, 0.5) is 0 Å². The number of H-pyrrole nitrogens is 1. The fourth-order valence-electron chi connectivity index (χ4n) is 2.32. The Morgan fingerprint density at radius 1 is 0.900 bits per heavy atom. The van der Waals surface area contributed by atoms with Crippen LogP contribution in [0.25, 0.3) is 28.0 Å². The number of fused-ring (bicyclic) bond motifs is 3. The van der Waals surface area contributed by atoms with Crippen LogP contribution in [0.2, 0.25) is 0 Å². The van der Waals surface area contributed by atoms with Gasteiger partial charge in [0, 0.05) is 5.39 Å². The number of hydrogen-bond acceptors (Lipinski definition) is 3. The van der Waals surface area contributed by atoms with E-state index in [2.05, 4.69) is 15.3 Å². The molecule has 0 bridgehead atoms. The van der Waals surface area contributed by atoms with Crippen molar-refractivity contribution < 1.29 is 0 Å². The van der Waals surface area contributed by atoms with Gasteiger partial charge in [0.05, 0.1) is 11.2 Å². The smallest absolute Gasteiger partial charge is 0.277 e. The van der Waals surface area contributed by atoms with E-state index in [1.807, 2.05) is 54.6 Å². The van der Waals surface area contributed by atoms with Crippen LogP contribution in [0.5, 0.6) is 0 Å². The second-order valence-corrected chi connectivity index (χ2v) is 4.52. The first kappa shape index (κ1) is 10.9. The third kappa shape index (κ3) is 1.46. The Morgan fingerprint density at radius 3 is 2.50 bits per heavy atom. The highest BCUT2D eigenvalue weighted by molar-refractivity contribution is 5.91. The molecule has 0 saturated heterocycles. The van der Waals surface area contributed by atoms with E-state index in [1.165, 1.54) is 4.68 Å². The monoisotopic (exact) mass is 262 g/mol. The second kappa shape index (κ2) is 4.03. The van der Waals surface area contributed by atoms with E-state index in [-0.39, 0.29) is 5.56 Å². The summed E-state index contributed by atoms with van der Waals surface area (Å²) in [5.41, 5.74) is 2.35. The van der Waals surface area contributed by atoms with Crippen molar-refractivity contribution in [3.05, 3.63) is 65.0 Å². The molecule has 0 aromatic heterocycles. The minimum Gasteiger partial charge on any atom is -0.277 e. The third-order valence-electron chi connectivity index (χ3n) is 3.29. The van der Waals surface area contributed by atoms with Gasteiger partial charge >= 0.3 is 5.56 Å². The van der Waals surface area contributed by atoms with Crippen molar-refractivity contribution in [2.75, 3.05) is 0 Å². The minimum absolute atomic E-state index is 0.215. The van der Waals surface area contributed by atoms with Crippen LogP contribution in [0.15, 0.2) is 59.4 Å². The van der Waals surface area contributed by atoms with Crippen LogP contribution in [0.3, 0.4) is 0 Å². The molecule has 2 aromatic carbocycles. The molecule has 0 amide bonds. The van der Waals surface area contributed by atoms with Gasteiger partial charge in [-0.25, -0.2) is 0 Å². The zero-order valence-electron chi connectivity index (χ0n) is 10.4. The summed E-state index contributed by atoms with van der Waals surface area (Å²) in [4.78, 5) is 12.4. The van der Waals surface area contributed by atoms with Crippen molar-refractivity contribution in [2.45, 2.75) is 0 Å². The average Bonchev–Trinajstić information content (AvgIpc) is 2.86. The summed E-state index contributed by atoms with van der Waals surface area (Å²) in [6.45, 7) is 0. The molecule has 0 radical (unpaired) electrons. The van der Waals surface area contributed by atoms with Gasteiger partial charge in [0.2, 0.25) is 0 Å². The van der Waals surface area contributed by atoms with Gasteiger partial charge in [0.15, 0.2) is 5.69 Å².